The van der Waals surface area contributed by atoms with E-state index in [0.29, 0.717) is 6.54 Å². The van der Waals surface area contributed by atoms with E-state index in [1.807, 2.05) is 27.9 Å². The van der Waals surface area contributed by atoms with E-state index in [9.17, 15) is 4.79 Å². The topological polar surface area (TPSA) is 56.0 Å². The molecule has 2 aliphatic rings. The largest absolute Gasteiger partial charge is 0.348 e. The van der Waals surface area contributed by atoms with Crippen LogP contribution in [0.1, 0.15) is 46.2 Å². The van der Waals surface area contributed by atoms with Gasteiger partial charge in [0.15, 0.2) is 0 Å². The Morgan fingerprint density at radius 2 is 2.04 bits per heavy atom. The molecule has 1 atom stereocenters. The van der Waals surface area contributed by atoms with E-state index in [1.54, 1.807) is 12.4 Å². The van der Waals surface area contributed by atoms with Crippen LogP contribution in [0.2, 0.25) is 0 Å². The smallest absolute Gasteiger partial charge is 0.258 e. The van der Waals surface area contributed by atoms with Crippen LogP contribution in [-0.4, -0.2) is 36.7 Å². The lowest BCUT2D eigenvalue weighted by Gasteiger charge is -2.37. The standard InChI is InChI=1S/C20H21N5O/c26-20(16-14-22-25-10-2-1-6-17(16)25)24-12-11-23-9-4-7-18(23)19(24)15-5-3-8-21-13-15/h3-5,7-9,13-14,19H,1-2,6,10-12H2/t19-/m0/s1. The third-order valence-electron chi connectivity index (χ3n) is 5.51. The highest BCUT2D eigenvalue weighted by Gasteiger charge is 2.34. The van der Waals surface area contributed by atoms with Crippen molar-refractivity contribution in [1.29, 1.82) is 0 Å². The van der Waals surface area contributed by atoms with Crippen LogP contribution >= 0.6 is 0 Å². The quantitative estimate of drug-likeness (QED) is 0.716. The summed E-state index contributed by atoms with van der Waals surface area (Å²) in [4.78, 5) is 19.8. The van der Waals surface area contributed by atoms with Gasteiger partial charge in [0.2, 0.25) is 0 Å². The average Bonchev–Trinajstić information content (AvgIpc) is 3.34. The van der Waals surface area contributed by atoms with Crippen molar-refractivity contribution in [3.05, 3.63) is 71.6 Å². The SMILES string of the molecule is O=C(c1cnn2c1CCCC2)N1CCn2cccc2[C@@H]1c1cccnc1. The first-order valence-electron chi connectivity index (χ1n) is 9.23. The molecule has 0 bridgehead atoms. The Kier molecular flexibility index (Phi) is 3.62. The van der Waals surface area contributed by atoms with Crippen molar-refractivity contribution < 1.29 is 4.79 Å². The lowest BCUT2D eigenvalue weighted by atomic mass is 9.99. The molecule has 3 aromatic rings. The third-order valence-corrected chi connectivity index (χ3v) is 5.51. The van der Waals surface area contributed by atoms with Crippen molar-refractivity contribution in [2.24, 2.45) is 0 Å². The minimum Gasteiger partial charge on any atom is -0.348 e. The first kappa shape index (κ1) is 15.4. The molecule has 2 aliphatic heterocycles. The predicted octanol–water partition coefficient (Wildman–Crippen LogP) is 2.66. The lowest BCUT2D eigenvalue weighted by Crippen LogP contribution is -2.42. The molecular weight excluding hydrogens is 326 g/mol. The minimum atomic E-state index is -0.112. The van der Waals surface area contributed by atoms with Crippen LogP contribution < -0.4 is 0 Å². The number of hydrogen-bond donors (Lipinski definition) is 0. The first-order valence-corrected chi connectivity index (χ1v) is 9.23. The Morgan fingerprint density at radius 3 is 2.92 bits per heavy atom. The fourth-order valence-electron chi connectivity index (χ4n) is 4.25. The van der Waals surface area contributed by atoms with E-state index in [-0.39, 0.29) is 11.9 Å². The van der Waals surface area contributed by atoms with Gasteiger partial charge in [-0.2, -0.15) is 5.10 Å². The number of carbonyl (C=O) groups excluding carboxylic acids is 1. The van der Waals surface area contributed by atoms with Crippen molar-refractivity contribution in [3.8, 4) is 0 Å². The molecule has 1 amide bonds. The number of fused-ring (bicyclic) bond motifs is 2. The molecule has 132 valence electrons. The van der Waals surface area contributed by atoms with E-state index in [4.69, 9.17) is 0 Å². The van der Waals surface area contributed by atoms with Crippen molar-refractivity contribution in [3.63, 3.8) is 0 Å². The maximum atomic E-state index is 13.5. The molecule has 0 radical (unpaired) electrons. The summed E-state index contributed by atoms with van der Waals surface area (Å²) in [5.41, 5.74) is 4.03. The lowest BCUT2D eigenvalue weighted by molar-refractivity contribution is 0.0662. The van der Waals surface area contributed by atoms with Gasteiger partial charge in [0.1, 0.15) is 0 Å². The molecule has 5 heterocycles. The number of nitrogens with zero attached hydrogens (tertiary/aromatic N) is 5. The summed E-state index contributed by atoms with van der Waals surface area (Å²) >= 11 is 0. The molecule has 6 nitrogen and oxygen atoms in total. The number of aryl methyl sites for hydroxylation is 1. The van der Waals surface area contributed by atoms with E-state index < -0.39 is 0 Å². The summed E-state index contributed by atoms with van der Waals surface area (Å²) < 4.78 is 4.23. The fourth-order valence-corrected chi connectivity index (χ4v) is 4.25. The normalized spacial score (nSPS) is 19.1. The van der Waals surface area contributed by atoms with E-state index >= 15 is 0 Å². The zero-order valence-corrected chi connectivity index (χ0v) is 14.6. The van der Waals surface area contributed by atoms with E-state index in [2.05, 4.69) is 33.0 Å². The second kappa shape index (κ2) is 6.12. The number of aromatic nitrogens is 4. The predicted molar refractivity (Wildman–Crippen MR) is 96.7 cm³/mol. The third kappa shape index (κ3) is 2.36. The Bertz CT molecular complexity index is 942. The van der Waals surface area contributed by atoms with Gasteiger partial charge < -0.3 is 9.47 Å². The van der Waals surface area contributed by atoms with Crippen LogP contribution in [0.5, 0.6) is 0 Å². The summed E-state index contributed by atoms with van der Waals surface area (Å²) in [7, 11) is 0. The van der Waals surface area contributed by atoms with Gasteiger partial charge >= 0.3 is 0 Å². The number of hydrogen-bond acceptors (Lipinski definition) is 3. The highest BCUT2D eigenvalue weighted by atomic mass is 16.2. The number of amides is 1. The number of pyridine rings is 1. The van der Waals surface area contributed by atoms with Gasteiger partial charge in [-0.1, -0.05) is 6.07 Å². The molecule has 0 aromatic carbocycles. The molecule has 0 fully saturated rings. The van der Waals surface area contributed by atoms with E-state index in [0.717, 1.165) is 54.9 Å². The van der Waals surface area contributed by atoms with Crippen LogP contribution in [0.4, 0.5) is 0 Å². The monoisotopic (exact) mass is 347 g/mol. The zero-order valence-electron chi connectivity index (χ0n) is 14.6. The first-order chi connectivity index (χ1) is 12.8. The van der Waals surface area contributed by atoms with Gasteiger partial charge in [0.25, 0.3) is 5.91 Å². The second-order valence-electron chi connectivity index (χ2n) is 7.00. The molecule has 0 spiro atoms. The second-order valence-corrected chi connectivity index (χ2v) is 7.00. The van der Waals surface area contributed by atoms with Crippen molar-refractivity contribution in [1.82, 2.24) is 24.2 Å². The van der Waals surface area contributed by atoms with Gasteiger partial charge in [-0.3, -0.25) is 14.5 Å². The van der Waals surface area contributed by atoms with Gasteiger partial charge in [-0.15, -0.1) is 0 Å². The maximum Gasteiger partial charge on any atom is 0.258 e. The summed E-state index contributed by atoms with van der Waals surface area (Å²) in [6.45, 7) is 2.41. The summed E-state index contributed by atoms with van der Waals surface area (Å²) in [5, 5.41) is 4.46. The molecule has 0 saturated heterocycles. The van der Waals surface area contributed by atoms with Gasteiger partial charge in [-0.05, 0) is 43.0 Å². The molecule has 0 aliphatic carbocycles. The summed E-state index contributed by atoms with van der Waals surface area (Å²) in [6, 6.07) is 8.02. The van der Waals surface area contributed by atoms with Crippen molar-refractivity contribution >= 4 is 5.91 Å². The number of rotatable bonds is 2. The van der Waals surface area contributed by atoms with Gasteiger partial charge in [0, 0.05) is 43.9 Å². The van der Waals surface area contributed by atoms with Gasteiger partial charge in [-0.25, -0.2) is 0 Å². The molecule has 5 rings (SSSR count). The molecule has 6 heteroatoms. The Labute approximate surface area is 152 Å². The molecule has 26 heavy (non-hydrogen) atoms. The van der Waals surface area contributed by atoms with E-state index in [1.165, 1.54) is 0 Å². The molecule has 0 N–H and O–H groups in total. The Balaban J connectivity index is 1.57. The Hall–Kier alpha value is -2.89. The van der Waals surface area contributed by atoms with Crippen LogP contribution in [0.25, 0.3) is 0 Å². The highest BCUT2D eigenvalue weighted by molar-refractivity contribution is 5.95. The van der Waals surface area contributed by atoms with Crippen LogP contribution in [-0.2, 0) is 19.5 Å². The van der Waals surface area contributed by atoms with Crippen LogP contribution in [0.15, 0.2) is 49.1 Å². The average molecular weight is 347 g/mol. The summed E-state index contributed by atoms with van der Waals surface area (Å²) in [5.74, 6) is 0.0782. The maximum absolute atomic E-state index is 13.5. The molecular formula is C20H21N5O. The van der Waals surface area contributed by atoms with Gasteiger partial charge in [0.05, 0.1) is 23.5 Å². The van der Waals surface area contributed by atoms with Crippen molar-refractivity contribution in [2.75, 3.05) is 6.54 Å². The van der Waals surface area contributed by atoms with Crippen molar-refractivity contribution in [2.45, 2.75) is 38.4 Å². The Morgan fingerprint density at radius 1 is 1.08 bits per heavy atom. The minimum absolute atomic E-state index is 0.0782. The number of carbonyl (C=O) groups is 1. The fraction of sp³-hybridized carbons (Fsp3) is 0.350. The molecule has 3 aromatic heterocycles. The zero-order chi connectivity index (χ0) is 17.5. The highest BCUT2D eigenvalue weighted by Crippen LogP contribution is 2.33. The van der Waals surface area contributed by atoms with Crippen LogP contribution in [0, 0.1) is 0 Å². The van der Waals surface area contributed by atoms with Crippen LogP contribution in [0.3, 0.4) is 0 Å². The summed E-state index contributed by atoms with van der Waals surface area (Å²) in [6.07, 6.45) is 10.7. The molecule has 0 unspecified atom stereocenters. The molecule has 0 saturated carbocycles.